The van der Waals surface area contributed by atoms with Crippen LogP contribution in [0.4, 0.5) is 0 Å². The molecule has 1 N–H and O–H groups in total. The van der Waals surface area contributed by atoms with Crippen LogP contribution in [0.15, 0.2) is 49.1 Å². The van der Waals surface area contributed by atoms with E-state index in [0.717, 1.165) is 0 Å². The molecule has 0 saturated carbocycles. The summed E-state index contributed by atoms with van der Waals surface area (Å²) < 4.78 is 2.38. The van der Waals surface area contributed by atoms with Crippen LogP contribution in [-0.4, -0.2) is 4.98 Å². The summed E-state index contributed by atoms with van der Waals surface area (Å²) in [5.74, 6) is 0.716. The molecule has 2 nitrogen and oxygen atoms in total. The summed E-state index contributed by atoms with van der Waals surface area (Å²) in [6.45, 7) is 4.58. The predicted molar refractivity (Wildman–Crippen MR) is 88.1 cm³/mol. The molecule has 0 fully saturated rings. The number of benzene rings is 1. The Morgan fingerprint density at radius 1 is 1.05 bits per heavy atom. The molecule has 0 aliphatic heterocycles. The third-order valence-corrected chi connectivity index (χ3v) is 4.35. The number of hydrogen-bond acceptors (Lipinski definition) is 0. The van der Waals surface area contributed by atoms with Gasteiger partial charge in [-0.3, -0.25) is 4.98 Å². The van der Waals surface area contributed by atoms with Gasteiger partial charge in [0.15, 0.2) is 0 Å². The summed E-state index contributed by atoms with van der Waals surface area (Å²) >= 11 is 0. The highest BCUT2D eigenvalue weighted by Gasteiger charge is 2.25. The molecular formula is C19H29N2+. The Hall–Kier alpha value is -1.57. The molecule has 1 aromatic heterocycles. The molecule has 114 valence electrons. The predicted octanol–water partition coefficient (Wildman–Crippen LogP) is 4.69. The summed E-state index contributed by atoms with van der Waals surface area (Å²) in [5, 5.41) is 0. The lowest BCUT2D eigenvalue weighted by molar-refractivity contribution is -0.730. The molecule has 0 radical (unpaired) electrons. The molecule has 1 aromatic carbocycles. The maximum atomic E-state index is 3.21. The second kappa shape index (κ2) is 8.66. The van der Waals surface area contributed by atoms with Crippen LogP contribution >= 0.6 is 0 Å². The summed E-state index contributed by atoms with van der Waals surface area (Å²) in [4.78, 5) is 3.21. The number of hydrogen-bond donors (Lipinski definition) is 1. The van der Waals surface area contributed by atoms with E-state index in [1.165, 1.54) is 44.1 Å². The Bertz CT molecular complexity index is 476. The van der Waals surface area contributed by atoms with Crippen molar-refractivity contribution in [3.05, 3.63) is 54.6 Å². The largest absolute Gasteiger partial charge is 0.250 e. The van der Waals surface area contributed by atoms with E-state index in [0.29, 0.717) is 12.0 Å². The van der Waals surface area contributed by atoms with Crippen molar-refractivity contribution in [2.75, 3.05) is 0 Å². The molecule has 0 bridgehead atoms. The normalized spacial score (nSPS) is 14.0. The number of nitrogens with zero attached hydrogens (tertiary/aromatic N) is 1. The molecule has 21 heavy (non-hydrogen) atoms. The van der Waals surface area contributed by atoms with Crippen LogP contribution in [-0.2, 0) is 6.42 Å². The average molecular weight is 285 g/mol. The van der Waals surface area contributed by atoms with E-state index in [9.17, 15) is 0 Å². The third kappa shape index (κ3) is 4.73. The first kappa shape index (κ1) is 15.8. The van der Waals surface area contributed by atoms with Gasteiger partial charge in [0.1, 0.15) is 18.4 Å². The standard InChI is InChI=1S/C19H28N2/c1-3-5-12-18(15-17-10-7-6-8-11-17)19(9-4-2)21-14-13-20-16-21/h6-8,10-11,13-14,16,18-19H,3-5,9,12,15H2,1-2H3/p+1. The summed E-state index contributed by atoms with van der Waals surface area (Å²) in [5.41, 5.74) is 1.47. The van der Waals surface area contributed by atoms with Gasteiger partial charge in [0, 0.05) is 5.92 Å². The van der Waals surface area contributed by atoms with Gasteiger partial charge in [-0.1, -0.05) is 63.4 Å². The number of nitrogens with one attached hydrogen (secondary N) is 1. The minimum atomic E-state index is 0.605. The zero-order chi connectivity index (χ0) is 14.9. The van der Waals surface area contributed by atoms with Gasteiger partial charge < -0.3 is 0 Å². The fourth-order valence-electron chi connectivity index (χ4n) is 3.25. The average Bonchev–Trinajstić information content (AvgIpc) is 3.04. The molecule has 0 aliphatic carbocycles. The molecule has 2 aromatic rings. The van der Waals surface area contributed by atoms with E-state index in [2.05, 4.69) is 66.3 Å². The SMILES string of the molecule is CCCCC(Cc1ccccc1)C(CCC)[n+]1cc[nH]c1. The van der Waals surface area contributed by atoms with Crippen LogP contribution in [0, 0.1) is 5.92 Å². The van der Waals surface area contributed by atoms with Crippen LogP contribution < -0.4 is 4.57 Å². The van der Waals surface area contributed by atoms with Crippen molar-refractivity contribution >= 4 is 0 Å². The first-order valence-corrected chi connectivity index (χ1v) is 8.42. The van der Waals surface area contributed by atoms with Crippen LogP contribution in [0.25, 0.3) is 0 Å². The highest BCUT2D eigenvalue weighted by molar-refractivity contribution is 5.15. The molecule has 2 rings (SSSR count). The molecule has 2 heteroatoms. The third-order valence-electron chi connectivity index (χ3n) is 4.35. The minimum absolute atomic E-state index is 0.605. The first-order chi connectivity index (χ1) is 10.3. The number of unbranched alkanes of at least 4 members (excludes halogenated alkanes) is 1. The van der Waals surface area contributed by atoms with Crippen molar-refractivity contribution in [3.8, 4) is 0 Å². The maximum absolute atomic E-state index is 3.21. The second-order valence-corrected chi connectivity index (χ2v) is 6.01. The van der Waals surface area contributed by atoms with Gasteiger partial charge in [-0.25, -0.2) is 4.57 Å². The van der Waals surface area contributed by atoms with Crippen LogP contribution in [0.2, 0.25) is 0 Å². The number of aromatic amines is 1. The van der Waals surface area contributed by atoms with Gasteiger partial charge in [0.05, 0.1) is 0 Å². The van der Waals surface area contributed by atoms with Gasteiger partial charge in [0.25, 0.3) is 0 Å². The van der Waals surface area contributed by atoms with Gasteiger partial charge in [-0.2, -0.15) is 0 Å². The molecule has 0 spiro atoms. The lowest BCUT2D eigenvalue weighted by atomic mass is 9.85. The van der Waals surface area contributed by atoms with Crippen molar-refractivity contribution in [2.45, 2.75) is 58.4 Å². The van der Waals surface area contributed by atoms with E-state index in [1.807, 2.05) is 6.20 Å². The Kier molecular flexibility index (Phi) is 6.52. The maximum Gasteiger partial charge on any atom is 0.241 e. The topological polar surface area (TPSA) is 19.7 Å². The first-order valence-electron chi connectivity index (χ1n) is 8.42. The van der Waals surface area contributed by atoms with E-state index in [4.69, 9.17) is 0 Å². The van der Waals surface area contributed by atoms with Crippen molar-refractivity contribution in [2.24, 2.45) is 5.92 Å². The van der Waals surface area contributed by atoms with E-state index in [-0.39, 0.29) is 0 Å². The Morgan fingerprint density at radius 3 is 2.48 bits per heavy atom. The lowest BCUT2D eigenvalue weighted by Crippen LogP contribution is -2.42. The molecule has 1 heterocycles. The van der Waals surface area contributed by atoms with E-state index in [1.54, 1.807) is 0 Å². The second-order valence-electron chi connectivity index (χ2n) is 6.01. The van der Waals surface area contributed by atoms with Crippen molar-refractivity contribution in [3.63, 3.8) is 0 Å². The molecule has 0 saturated heterocycles. The number of imidazole rings is 1. The zero-order valence-corrected chi connectivity index (χ0v) is 13.5. The molecule has 0 amide bonds. The Balaban J connectivity index is 2.15. The van der Waals surface area contributed by atoms with E-state index < -0.39 is 0 Å². The van der Waals surface area contributed by atoms with Crippen molar-refractivity contribution in [1.82, 2.24) is 4.98 Å². The van der Waals surface area contributed by atoms with Gasteiger partial charge in [-0.15, -0.1) is 0 Å². The zero-order valence-electron chi connectivity index (χ0n) is 13.5. The Labute approximate surface area is 129 Å². The molecular weight excluding hydrogens is 256 g/mol. The summed E-state index contributed by atoms with van der Waals surface area (Å²) in [6, 6.07) is 11.6. The fraction of sp³-hybridized carbons (Fsp3) is 0.526. The van der Waals surface area contributed by atoms with Crippen molar-refractivity contribution in [1.29, 1.82) is 0 Å². The van der Waals surface area contributed by atoms with Crippen LogP contribution in [0.1, 0.15) is 57.6 Å². The number of rotatable bonds is 9. The van der Waals surface area contributed by atoms with Gasteiger partial charge in [-0.05, 0) is 24.8 Å². The Morgan fingerprint density at radius 2 is 1.86 bits per heavy atom. The van der Waals surface area contributed by atoms with Gasteiger partial charge >= 0.3 is 0 Å². The number of aromatic nitrogens is 2. The molecule has 2 atom stereocenters. The summed E-state index contributed by atoms with van der Waals surface area (Å²) in [7, 11) is 0. The molecule has 0 aliphatic rings. The molecule has 2 unspecified atom stereocenters. The minimum Gasteiger partial charge on any atom is -0.250 e. The van der Waals surface area contributed by atoms with Gasteiger partial charge in [0.2, 0.25) is 6.33 Å². The quantitative estimate of drug-likeness (QED) is 0.645. The van der Waals surface area contributed by atoms with Crippen LogP contribution in [0.3, 0.4) is 0 Å². The fourth-order valence-corrected chi connectivity index (χ4v) is 3.25. The smallest absolute Gasteiger partial charge is 0.241 e. The summed E-state index contributed by atoms with van der Waals surface area (Å²) in [6.07, 6.45) is 13.9. The highest BCUT2D eigenvalue weighted by atomic mass is 15.1. The lowest BCUT2D eigenvalue weighted by Gasteiger charge is -2.24. The van der Waals surface area contributed by atoms with Crippen molar-refractivity contribution < 1.29 is 4.57 Å². The van der Waals surface area contributed by atoms with E-state index >= 15 is 0 Å². The monoisotopic (exact) mass is 285 g/mol. The highest BCUT2D eigenvalue weighted by Crippen LogP contribution is 2.27. The van der Waals surface area contributed by atoms with Crippen LogP contribution in [0.5, 0.6) is 0 Å². The number of H-pyrrole nitrogens is 1.